The van der Waals surface area contributed by atoms with Crippen molar-refractivity contribution in [2.45, 2.75) is 25.8 Å². The Morgan fingerprint density at radius 1 is 0.844 bits per heavy atom. The number of carbonyl (C=O) groups is 1. The molecule has 1 fully saturated rings. The third-order valence-electron chi connectivity index (χ3n) is 5.99. The fraction of sp³-hybridized carbons (Fsp3) is 0.222. The summed E-state index contributed by atoms with van der Waals surface area (Å²) < 4.78 is 0. The molecule has 1 aliphatic heterocycles. The largest absolute Gasteiger partial charge is 0.355 e. The summed E-state index contributed by atoms with van der Waals surface area (Å²) in [6.07, 6.45) is 5.61. The van der Waals surface area contributed by atoms with Crippen LogP contribution in [0.3, 0.4) is 0 Å². The number of amides is 1. The lowest BCUT2D eigenvalue weighted by Gasteiger charge is -2.27. The second-order valence-electron chi connectivity index (χ2n) is 8.23. The van der Waals surface area contributed by atoms with Gasteiger partial charge < -0.3 is 10.2 Å². The Morgan fingerprint density at radius 3 is 2.38 bits per heavy atom. The Hall–Kier alpha value is -3.73. The minimum atomic E-state index is -0.0732. The fourth-order valence-corrected chi connectivity index (χ4v) is 4.15. The number of anilines is 1. The smallest absolute Gasteiger partial charge is 0.251 e. The van der Waals surface area contributed by atoms with Gasteiger partial charge in [0.2, 0.25) is 0 Å². The van der Waals surface area contributed by atoms with Crippen molar-refractivity contribution in [3.05, 3.63) is 90.1 Å². The fourth-order valence-electron chi connectivity index (χ4n) is 4.15. The van der Waals surface area contributed by atoms with Crippen LogP contribution < -0.4 is 10.2 Å². The number of nitrogens with zero attached hydrogens (tertiary/aromatic N) is 3. The van der Waals surface area contributed by atoms with Crippen molar-refractivity contribution >= 4 is 22.8 Å². The highest BCUT2D eigenvalue weighted by Crippen LogP contribution is 2.25. The monoisotopic (exact) mass is 422 g/mol. The van der Waals surface area contributed by atoms with Crippen LogP contribution >= 0.6 is 0 Å². The van der Waals surface area contributed by atoms with Gasteiger partial charge in [-0.15, -0.1) is 0 Å². The van der Waals surface area contributed by atoms with Gasteiger partial charge in [-0.25, -0.2) is 4.98 Å². The number of aromatic nitrogens is 2. The number of fused-ring (bicyclic) bond motifs is 1. The summed E-state index contributed by atoms with van der Waals surface area (Å²) >= 11 is 0. The number of rotatable bonds is 5. The minimum absolute atomic E-state index is 0.0732. The van der Waals surface area contributed by atoms with E-state index in [1.807, 2.05) is 66.9 Å². The topological polar surface area (TPSA) is 58.1 Å². The number of carbonyl (C=O) groups excluding carboxylic acids is 1. The molecule has 0 bridgehead atoms. The van der Waals surface area contributed by atoms with Crippen molar-refractivity contribution < 1.29 is 4.79 Å². The van der Waals surface area contributed by atoms with Crippen LogP contribution in [-0.2, 0) is 6.54 Å². The molecule has 5 nitrogen and oxygen atoms in total. The summed E-state index contributed by atoms with van der Waals surface area (Å²) in [6, 6.07) is 23.8. The molecule has 0 radical (unpaired) electrons. The molecule has 0 spiro atoms. The van der Waals surface area contributed by atoms with Gasteiger partial charge in [-0.05, 0) is 60.2 Å². The first-order valence-corrected chi connectivity index (χ1v) is 11.2. The third-order valence-corrected chi connectivity index (χ3v) is 5.99. The van der Waals surface area contributed by atoms with E-state index in [1.165, 1.54) is 19.3 Å². The number of nitrogens with one attached hydrogen (secondary N) is 1. The van der Waals surface area contributed by atoms with Gasteiger partial charge in [-0.1, -0.05) is 48.5 Å². The van der Waals surface area contributed by atoms with Crippen molar-refractivity contribution in [3.63, 3.8) is 0 Å². The van der Waals surface area contributed by atoms with Crippen molar-refractivity contribution in [2.75, 3.05) is 18.0 Å². The molecule has 160 valence electrons. The average Bonchev–Trinajstić information content (AvgIpc) is 2.88. The maximum Gasteiger partial charge on any atom is 0.251 e. The zero-order valence-corrected chi connectivity index (χ0v) is 18.0. The molecule has 5 rings (SSSR count). The quantitative estimate of drug-likeness (QED) is 0.479. The summed E-state index contributed by atoms with van der Waals surface area (Å²) in [4.78, 5) is 24.3. The molecule has 0 aliphatic carbocycles. The van der Waals surface area contributed by atoms with Crippen LogP contribution in [0.2, 0.25) is 0 Å². The second-order valence-corrected chi connectivity index (χ2v) is 8.23. The van der Waals surface area contributed by atoms with Crippen molar-refractivity contribution in [1.29, 1.82) is 0 Å². The summed E-state index contributed by atoms with van der Waals surface area (Å²) in [6.45, 7) is 2.62. The molecule has 1 aromatic heterocycles. The van der Waals surface area contributed by atoms with Crippen LogP contribution in [-0.4, -0.2) is 29.0 Å². The summed E-state index contributed by atoms with van der Waals surface area (Å²) in [5, 5.41) is 2.97. The lowest BCUT2D eigenvalue weighted by molar-refractivity contribution is 0.0951. The van der Waals surface area contributed by atoms with Crippen LogP contribution in [0.1, 0.15) is 35.2 Å². The van der Waals surface area contributed by atoms with Crippen LogP contribution in [0.5, 0.6) is 0 Å². The molecule has 1 N–H and O–H groups in total. The van der Waals surface area contributed by atoms with E-state index >= 15 is 0 Å². The number of hydrogen-bond acceptors (Lipinski definition) is 4. The van der Waals surface area contributed by atoms with Crippen molar-refractivity contribution in [1.82, 2.24) is 15.3 Å². The summed E-state index contributed by atoms with van der Waals surface area (Å²) in [7, 11) is 0. The molecular formula is C27H26N4O. The molecule has 1 amide bonds. The maximum atomic E-state index is 12.5. The molecule has 32 heavy (non-hydrogen) atoms. The lowest BCUT2D eigenvalue weighted by Crippen LogP contribution is -2.30. The van der Waals surface area contributed by atoms with Crippen LogP contribution in [0, 0.1) is 0 Å². The van der Waals surface area contributed by atoms with Gasteiger partial charge in [0.15, 0.2) is 0 Å². The van der Waals surface area contributed by atoms with E-state index in [0.29, 0.717) is 12.1 Å². The normalized spacial score (nSPS) is 13.8. The first-order chi connectivity index (χ1) is 15.8. The van der Waals surface area contributed by atoms with Crippen LogP contribution in [0.4, 0.5) is 5.82 Å². The predicted octanol–water partition coefficient (Wildman–Crippen LogP) is 5.22. The van der Waals surface area contributed by atoms with E-state index in [0.717, 1.165) is 46.6 Å². The summed E-state index contributed by atoms with van der Waals surface area (Å²) in [5.74, 6) is 0.885. The van der Waals surface area contributed by atoms with Gasteiger partial charge in [0.25, 0.3) is 5.91 Å². The molecule has 3 aromatic carbocycles. The standard InChI is InChI=1S/C27H26N4O/c32-27(29-18-20-7-3-1-4-8-20)22-11-9-21(10-12-22)23-13-14-24-25(17-23)30-26(19-28-24)31-15-5-2-6-16-31/h1,3-4,7-14,17,19H,2,5-6,15-16,18H2,(H,29,32). The molecule has 4 aromatic rings. The number of piperidine rings is 1. The highest BCUT2D eigenvalue weighted by molar-refractivity contribution is 5.94. The highest BCUT2D eigenvalue weighted by Gasteiger charge is 2.13. The Bertz CT molecular complexity index is 1220. The van der Waals surface area contributed by atoms with Gasteiger partial charge >= 0.3 is 0 Å². The zero-order chi connectivity index (χ0) is 21.8. The highest BCUT2D eigenvalue weighted by atomic mass is 16.1. The Morgan fingerprint density at radius 2 is 1.59 bits per heavy atom. The van der Waals surface area contributed by atoms with E-state index in [-0.39, 0.29) is 5.91 Å². The van der Waals surface area contributed by atoms with E-state index in [4.69, 9.17) is 4.98 Å². The molecule has 2 heterocycles. The lowest BCUT2D eigenvalue weighted by atomic mass is 10.0. The predicted molar refractivity (Wildman–Crippen MR) is 129 cm³/mol. The molecule has 1 aliphatic rings. The van der Waals surface area contributed by atoms with Crippen LogP contribution in [0.25, 0.3) is 22.2 Å². The first kappa shape index (κ1) is 20.2. The molecule has 0 saturated carbocycles. The van der Waals surface area contributed by atoms with Crippen LogP contribution in [0.15, 0.2) is 79.0 Å². The first-order valence-electron chi connectivity index (χ1n) is 11.2. The number of hydrogen-bond donors (Lipinski definition) is 1. The Kier molecular flexibility index (Phi) is 5.79. The Labute approximate surface area is 188 Å². The van der Waals surface area contributed by atoms with Gasteiger partial charge in [-0.3, -0.25) is 9.78 Å². The van der Waals surface area contributed by atoms with E-state index in [1.54, 1.807) is 0 Å². The average molecular weight is 423 g/mol. The molecule has 1 saturated heterocycles. The van der Waals surface area contributed by atoms with Gasteiger partial charge in [0.05, 0.1) is 17.2 Å². The zero-order valence-electron chi connectivity index (χ0n) is 18.0. The molecule has 5 heteroatoms. The maximum absolute atomic E-state index is 12.5. The van der Waals surface area contributed by atoms with E-state index in [2.05, 4.69) is 27.3 Å². The SMILES string of the molecule is O=C(NCc1ccccc1)c1ccc(-c2ccc3ncc(N4CCCCC4)nc3c2)cc1. The molecular weight excluding hydrogens is 396 g/mol. The third kappa shape index (κ3) is 4.47. The summed E-state index contributed by atoms with van der Waals surface area (Å²) in [5.41, 5.74) is 5.65. The van der Waals surface area contributed by atoms with E-state index in [9.17, 15) is 4.79 Å². The van der Waals surface area contributed by atoms with Gasteiger partial charge in [-0.2, -0.15) is 0 Å². The van der Waals surface area contributed by atoms with Gasteiger partial charge in [0.1, 0.15) is 5.82 Å². The van der Waals surface area contributed by atoms with Crippen molar-refractivity contribution in [2.24, 2.45) is 0 Å². The number of benzene rings is 3. The minimum Gasteiger partial charge on any atom is -0.355 e. The van der Waals surface area contributed by atoms with Crippen molar-refractivity contribution in [3.8, 4) is 11.1 Å². The second kappa shape index (κ2) is 9.18. The van der Waals surface area contributed by atoms with E-state index < -0.39 is 0 Å². The molecule has 0 atom stereocenters. The Balaban J connectivity index is 1.32. The molecule has 0 unspecified atom stereocenters. The van der Waals surface area contributed by atoms with Gasteiger partial charge in [0, 0.05) is 25.2 Å².